The van der Waals surface area contributed by atoms with Crippen molar-refractivity contribution in [1.29, 1.82) is 0 Å². The van der Waals surface area contributed by atoms with Crippen molar-refractivity contribution in [2.45, 2.75) is 19.5 Å². The molecule has 1 unspecified atom stereocenters. The van der Waals surface area contributed by atoms with Gasteiger partial charge in [-0.25, -0.2) is 4.79 Å². The van der Waals surface area contributed by atoms with E-state index in [0.717, 1.165) is 18.8 Å². The fourth-order valence-corrected chi connectivity index (χ4v) is 3.52. The highest BCUT2D eigenvalue weighted by Crippen LogP contribution is 2.21. The van der Waals surface area contributed by atoms with Crippen LogP contribution < -0.4 is 5.32 Å². The van der Waals surface area contributed by atoms with E-state index in [-0.39, 0.29) is 6.03 Å². The maximum Gasteiger partial charge on any atom is 0.322 e. The number of urea groups is 1. The third kappa shape index (κ3) is 4.78. The lowest BCUT2D eigenvalue weighted by Gasteiger charge is -2.38. The summed E-state index contributed by atoms with van der Waals surface area (Å²) in [5.41, 5.74) is 2.81. The van der Waals surface area contributed by atoms with Crippen LogP contribution in [0, 0.1) is 0 Å². The van der Waals surface area contributed by atoms with Gasteiger partial charge in [0.05, 0.1) is 24.1 Å². The zero-order valence-electron chi connectivity index (χ0n) is 16.5. The van der Waals surface area contributed by atoms with E-state index < -0.39 is 0 Å². The molecule has 8 heteroatoms. The Kier molecular flexibility index (Phi) is 5.81. The van der Waals surface area contributed by atoms with E-state index in [0.29, 0.717) is 31.4 Å². The van der Waals surface area contributed by atoms with Gasteiger partial charge in [0.25, 0.3) is 0 Å². The molecule has 1 saturated heterocycles. The van der Waals surface area contributed by atoms with Crippen molar-refractivity contribution in [1.82, 2.24) is 29.5 Å². The van der Waals surface area contributed by atoms with Gasteiger partial charge in [-0.1, -0.05) is 12.1 Å². The largest absolute Gasteiger partial charge is 0.322 e. The number of pyridine rings is 2. The van der Waals surface area contributed by atoms with E-state index in [9.17, 15) is 4.79 Å². The SMILES string of the molecule is CC(c1cccnc1)N1CCN(C(=O)Nc2cnn(Cc3ccccn3)c2)CC1. The van der Waals surface area contributed by atoms with Gasteiger partial charge >= 0.3 is 6.03 Å². The minimum absolute atomic E-state index is 0.0870. The third-order valence-electron chi connectivity index (χ3n) is 5.25. The van der Waals surface area contributed by atoms with Gasteiger partial charge in [-0.05, 0) is 30.7 Å². The van der Waals surface area contributed by atoms with Crippen LogP contribution in [-0.2, 0) is 6.54 Å². The highest BCUT2D eigenvalue weighted by Gasteiger charge is 2.25. The van der Waals surface area contributed by atoms with Crippen molar-refractivity contribution in [2.24, 2.45) is 0 Å². The molecule has 0 aliphatic carbocycles. The van der Waals surface area contributed by atoms with Gasteiger partial charge in [-0.15, -0.1) is 0 Å². The molecule has 1 N–H and O–H groups in total. The number of nitrogens with zero attached hydrogens (tertiary/aromatic N) is 6. The zero-order chi connectivity index (χ0) is 20.1. The quantitative estimate of drug-likeness (QED) is 0.723. The second kappa shape index (κ2) is 8.83. The highest BCUT2D eigenvalue weighted by molar-refractivity contribution is 5.89. The first-order valence-corrected chi connectivity index (χ1v) is 9.81. The van der Waals surface area contributed by atoms with Gasteiger partial charge in [0.15, 0.2) is 0 Å². The summed E-state index contributed by atoms with van der Waals surface area (Å²) in [6, 6.07) is 10.0. The summed E-state index contributed by atoms with van der Waals surface area (Å²) >= 11 is 0. The molecule has 1 aliphatic heterocycles. The molecule has 0 bridgehead atoms. The lowest BCUT2D eigenvalue weighted by atomic mass is 10.1. The van der Waals surface area contributed by atoms with Crippen LogP contribution in [0.5, 0.6) is 0 Å². The van der Waals surface area contributed by atoms with Crippen molar-refractivity contribution >= 4 is 11.7 Å². The van der Waals surface area contributed by atoms with Gasteiger partial charge in [-0.2, -0.15) is 5.10 Å². The first-order chi connectivity index (χ1) is 14.2. The van der Waals surface area contributed by atoms with Crippen LogP contribution in [0.15, 0.2) is 61.3 Å². The molecule has 4 heterocycles. The molecule has 8 nitrogen and oxygen atoms in total. The van der Waals surface area contributed by atoms with Crippen LogP contribution in [-0.4, -0.2) is 61.8 Å². The number of nitrogens with one attached hydrogen (secondary N) is 1. The molecule has 2 amide bonds. The van der Waals surface area contributed by atoms with E-state index in [1.54, 1.807) is 23.3 Å². The van der Waals surface area contributed by atoms with Crippen LogP contribution in [0.3, 0.4) is 0 Å². The second-order valence-electron chi connectivity index (χ2n) is 7.16. The highest BCUT2D eigenvalue weighted by atomic mass is 16.2. The maximum atomic E-state index is 12.6. The monoisotopic (exact) mass is 391 g/mol. The Hall–Kier alpha value is -3.26. The number of anilines is 1. The van der Waals surface area contributed by atoms with E-state index in [1.165, 1.54) is 5.56 Å². The number of piperazine rings is 1. The molecule has 29 heavy (non-hydrogen) atoms. The van der Waals surface area contributed by atoms with Crippen molar-refractivity contribution in [3.63, 3.8) is 0 Å². The molecular formula is C21H25N7O. The number of aromatic nitrogens is 4. The van der Waals surface area contributed by atoms with Crippen LogP contribution in [0.4, 0.5) is 10.5 Å². The lowest BCUT2D eigenvalue weighted by Crippen LogP contribution is -2.50. The van der Waals surface area contributed by atoms with Gasteiger partial charge < -0.3 is 10.2 Å². The summed E-state index contributed by atoms with van der Waals surface area (Å²) in [4.78, 5) is 25.4. The average molecular weight is 391 g/mol. The van der Waals surface area contributed by atoms with Crippen molar-refractivity contribution in [3.8, 4) is 0 Å². The van der Waals surface area contributed by atoms with Crippen LogP contribution in [0.25, 0.3) is 0 Å². The zero-order valence-corrected chi connectivity index (χ0v) is 16.5. The minimum Gasteiger partial charge on any atom is -0.322 e. The molecule has 4 rings (SSSR count). The first-order valence-electron chi connectivity index (χ1n) is 9.81. The van der Waals surface area contributed by atoms with Crippen molar-refractivity contribution < 1.29 is 4.79 Å². The lowest BCUT2D eigenvalue weighted by molar-refractivity contribution is 0.119. The van der Waals surface area contributed by atoms with E-state index in [2.05, 4.69) is 38.3 Å². The van der Waals surface area contributed by atoms with Crippen molar-refractivity contribution in [2.75, 3.05) is 31.5 Å². The molecule has 1 atom stereocenters. The van der Waals surface area contributed by atoms with E-state index in [1.807, 2.05) is 41.6 Å². The molecule has 0 spiro atoms. The van der Waals surface area contributed by atoms with Crippen molar-refractivity contribution in [3.05, 3.63) is 72.6 Å². The summed E-state index contributed by atoms with van der Waals surface area (Å²) in [6.07, 6.45) is 8.95. The van der Waals surface area contributed by atoms with Gasteiger partial charge in [0.2, 0.25) is 0 Å². The molecule has 1 aliphatic rings. The van der Waals surface area contributed by atoms with Gasteiger partial charge in [-0.3, -0.25) is 19.5 Å². The smallest absolute Gasteiger partial charge is 0.322 e. The molecule has 3 aromatic heterocycles. The molecule has 1 fully saturated rings. The first kappa shape index (κ1) is 19.1. The summed E-state index contributed by atoms with van der Waals surface area (Å²) in [5.74, 6) is 0. The van der Waals surface area contributed by atoms with Crippen LogP contribution in [0.2, 0.25) is 0 Å². The molecule has 150 valence electrons. The topological polar surface area (TPSA) is 79.2 Å². The second-order valence-corrected chi connectivity index (χ2v) is 7.16. The minimum atomic E-state index is -0.0870. The number of carbonyl (C=O) groups is 1. The molecular weight excluding hydrogens is 366 g/mol. The molecule has 3 aromatic rings. The number of hydrogen-bond donors (Lipinski definition) is 1. The van der Waals surface area contributed by atoms with Crippen LogP contribution in [0.1, 0.15) is 24.2 Å². The Morgan fingerprint density at radius 3 is 2.69 bits per heavy atom. The summed E-state index contributed by atoms with van der Waals surface area (Å²) in [5, 5.41) is 7.26. The van der Waals surface area contributed by atoms with Gasteiger partial charge in [0, 0.05) is 57.0 Å². The predicted molar refractivity (Wildman–Crippen MR) is 110 cm³/mol. The number of amides is 2. The fourth-order valence-electron chi connectivity index (χ4n) is 3.52. The Balaban J connectivity index is 1.28. The fraction of sp³-hybridized carbons (Fsp3) is 0.333. The summed E-state index contributed by atoms with van der Waals surface area (Å²) in [6.45, 7) is 5.81. The summed E-state index contributed by atoms with van der Waals surface area (Å²) < 4.78 is 1.77. The summed E-state index contributed by atoms with van der Waals surface area (Å²) in [7, 11) is 0. The standard InChI is InChI=1S/C21H25N7O/c1-17(18-5-4-7-22-13-18)26-9-11-27(12-10-26)21(29)25-20-14-24-28(16-20)15-19-6-2-3-8-23-19/h2-8,13-14,16-17H,9-12,15H2,1H3,(H,25,29). The normalized spacial score (nSPS) is 15.8. The molecule has 0 radical (unpaired) electrons. The van der Waals surface area contributed by atoms with E-state index >= 15 is 0 Å². The Morgan fingerprint density at radius 2 is 1.97 bits per heavy atom. The van der Waals surface area contributed by atoms with E-state index in [4.69, 9.17) is 0 Å². The van der Waals surface area contributed by atoms with Crippen LogP contribution >= 0.6 is 0 Å². The predicted octanol–water partition coefficient (Wildman–Crippen LogP) is 2.63. The van der Waals surface area contributed by atoms with Gasteiger partial charge in [0.1, 0.15) is 0 Å². The Labute approximate surface area is 170 Å². The Bertz CT molecular complexity index is 920. The number of hydrogen-bond acceptors (Lipinski definition) is 5. The average Bonchev–Trinajstić information content (AvgIpc) is 3.21. The molecule has 0 saturated carbocycles. The Morgan fingerprint density at radius 1 is 1.10 bits per heavy atom. The maximum absolute atomic E-state index is 12.6. The molecule has 0 aromatic carbocycles. The number of rotatable bonds is 5. The third-order valence-corrected chi connectivity index (χ3v) is 5.25. The number of carbonyl (C=O) groups excluding carboxylic acids is 1.